The molecule has 0 atom stereocenters. The fourth-order valence-electron chi connectivity index (χ4n) is 4.98. The minimum atomic E-state index is -0.282. The molecule has 0 aliphatic carbocycles. The molecule has 37 heavy (non-hydrogen) atoms. The highest BCUT2D eigenvalue weighted by Crippen LogP contribution is 2.35. The first-order chi connectivity index (χ1) is 18.0. The number of nitrogens with zero attached hydrogens (tertiary/aromatic N) is 3. The number of anilines is 1. The van der Waals surface area contributed by atoms with Gasteiger partial charge in [-0.25, -0.2) is 4.39 Å². The first-order valence-corrected chi connectivity index (χ1v) is 12.6. The Hall–Kier alpha value is -4.01. The lowest BCUT2D eigenvalue weighted by atomic mass is 9.98. The fraction of sp³-hybridized carbons (Fsp3) is 0.241. The number of hydrogen-bond acceptors (Lipinski definition) is 5. The Kier molecular flexibility index (Phi) is 6.20. The van der Waals surface area contributed by atoms with Crippen molar-refractivity contribution < 1.29 is 4.39 Å². The summed E-state index contributed by atoms with van der Waals surface area (Å²) in [6.45, 7) is 3.48. The molecule has 188 valence electrons. The Labute approximate surface area is 214 Å². The molecule has 6 rings (SSSR count). The molecule has 0 saturated carbocycles. The van der Waals surface area contributed by atoms with Crippen LogP contribution in [-0.4, -0.2) is 65.3 Å². The highest BCUT2D eigenvalue weighted by atomic mass is 19.1. The van der Waals surface area contributed by atoms with E-state index in [1.807, 2.05) is 20.2 Å². The van der Waals surface area contributed by atoms with Gasteiger partial charge in [0.15, 0.2) is 0 Å². The van der Waals surface area contributed by atoms with Gasteiger partial charge in [-0.2, -0.15) is 5.10 Å². The summed E-state index contributed by atoms with van der Waals surface area (Å²) in [5.41, 5.74) is 8.62. The number of likely N-dealkylation sites (N-methyl/N-ethyl adjacent to an activating group) is 1. The zero-order valence-electron chi connectivity index (χ0n) is 21.0. The second-order valence-electron chi connectivity index (χ2n) is 9.81. The standard InChI is InChI=1S/C29H30FN7/c1-37(2)10-9-33-22-12-20(11-21(30)14-22)25-16-32-17-28-23(25)15-27(34-28)29-24-13-19(3-4-26(24)35-36-29)18-5-7-31-8-6-18/h3-5,11-17,31,33-34H,6-10H2,1-2H3,(H,35,36). The van der Waals surface area contributed by atoms with E-state index in [9.17, 15) is 4.39 Å². The number of benzene rings is 2. The van der Waals surface area contributed by atoms with Gasteiger partial charge in [0, 0.05) is 47.9 Å². The molecule has 0 fully saturated rings. The van der Waals surface area contributed by atoms with Crippen LogP contribution >= 0.6 is 0 Å². The average Bonchev–Trinajstić information content (AvgIpc) is 3.52. The summed E-state index contributed by atoms with van der Waals surface area (Å²) < 4.78 is 14.6. The van der Waals surface area contributed by atoms with E-state index in [0.717, 1.165) is 82.6 Å². The summed E-state index contributed by atoms with van der Waals surface area (Å²) >= 11 is 0. The molecule has 4 N–H and O–H groups in total. The van der Waals surface area contributed by atoms with Gasteiger partial charge in [0.25, 0.3) is 0 Å². The fourth-order valence-corrected chi connectivity index (χ4v) is 4.98. The monoisotopic (exact) mass is 495 g/mol. The number of rotatable bonds is 7. The van der Waals surface area contributed by atoms with E-state index in [4.69, 9.17) is 0 Å². The first kappa shape index (κ1) is 23.4. The maximum absolute atomic E-state index is 14.6. The molecule has 0 unspecified atom stereocenters. The highest BCUT2D eigenvalue weighted by Gasteiger charge is 2.16. The van der Waals surface area contributed by atoms with E-state index in [1.165, 1.54) is 17.2 Å². The van der Waals surface area contributed by atoms with Crippen LogP contribution in [0, 0.1) is 5.82 Å². The molecule has 7 nitrogen and oxygen atoms in total. The maximum Gasteiger partial charge on any atom is 0.125 e. The van der Waals surface area contributed by atoms with Crippen molar-refractivity contribution in [1.29, 1.82) is 0 Å². The number of pyridine rings is 1. The van der Waals surface area contributed by atoms with E-state index >= 15 is 0 Å². The van der Waals surface area contributed by atoms with Crippen LogP contribution in [0.15, 0.2) is 60.9 Å². The number of nitrogens with one attached hydrogen (secondary N) is 4. The van der Waals surface area contributed by atoms with Gasteiger partial charge in [-0.15, -0.1) is 0 Å². The van der Waals surface area contributed by atoms with Crippen LogP contribution in [0.1, 0.15) is 12.0 Å². The number of fused-ring (bicyclic) bond motifs is 2. The molecule has 8 heteroatoms. The molecule has 0 amide bonds. The Bertz CT molecular complexity index is 1610. The van der Waals surface area contributed by atoms with Crippen LogP contribution in [0.5, 0.6) is 0 Å². The average molecular weight is 496 g/mol. The van der Waals surface area contributed by atoms with Crippen LogP contribution in [0.3, 0.4) is 0 Å². The molecule has 0 radical (unpaired) electrons. The smallest absolute Gasteiger partial charge is 0.125 e. The van der Waals surface area contributed by atoms with Gasteiger partial charge in [-0.05, 0) is 80.2 Å². The molecule has 2 aromatic carbocycles. The zero-order chi connectivity index (χ0) is 25.4. The van der Waals surface area contributed by atoms with Crippen LogP contribution in [-0.2, 0) is 0 Å². The number of aromatic amines is 2. The molecule has 0 spiro atoms. The lowest BCUT2D eigenvalue weighted by Crippen LogP contribution is -2.20. The predicted molar refractivity (Wildman–Crippen MR) is 149 cm³/mol. The lowest BCUT2D eigenvalue weighted by molar-refractivity contribution is 0.425. The number of aromatic nitrogens is 4. The second kappa shape index (κ2) is 9.80. The molecule has 3 aromatic heterocycles. The van der Waals surface area contributed by atoms with Crippen LogP contribution < -0.4 is 10.6 Å². The SMILES string of the molecule is CN(C)CCNc1cc(F)cc(-c2cncc3[nH]c(-c4n[nH]c5ccc(C6=CCNCC6)cc45)cc23)c1. The van der Waals surface area contributed by atoms with Crippen molar-refractivity contribution in [3.8, 4) is 22.5 Å². The van der Waals surface area contributed by atoms with Crippen molar-refractivity contribution in [3.63, 3.8) is 0 Å². The molecular weight excluding hydrogens is 465 g/mol. The molecule has 1 aliphatic rings. The van der Waals surface area contributed by atoms with Crippen LogP contribution in [0.2, 0.25) is 0 Å². The predicted octanol–water partition coefficient (Wildman–Crippen LogP) is 5.26. The van der Waals surface area contributed by atoms with Gasteiger partial charge in [0.1, 0.15) is 11.5 Å². The minimum Gasteiger partial charge on any atom is -0.384 e. The van der Waals surface area contributed by atoms with E-state index in [-0.39, 0.29) is 5.82 Å². The molecule has 4 heterocycles. The summed E-state index contributed by atoms with van der Waals surface area (Å²) in [5.74, 6) is -0.282. The van der Waals surface area contributed by atoms with Gasteiger partial charge in [-0.3, -0.25) is 10.1 Å². The summed E-state index contributed by atoms with van der Waals surface area (Å²) in [6.07, 6.45) is 6.87. The lowest BCUT2D eigenvalue weighted by Gasteiger charge is -2.14. The van der Waals surface area contributed by atoms with Crippen molar-refractivity contribution in [2.45, 2.75) is 6.42 Å². The Morgan fingerprint density at radius 2 is 1.92 bits per heavy atom. The van der Waals surface area contributed by atoms with Crippen molar-refractivity contribution in [3.05, 3.63) is 72.3 Å². The van der Waals surface area contributed by atoms with Crippen molar-refractivity contribution in [2.75, 3.05) is 45.6 Å². The molecule has 1 aliphatic heterocycles. The van der Waals surface area contributed by atoms with Gasteiger partial charge in [-0.1, -0.05) is 12.1 Å². The largest absolute Gasteiger partial charge is 0.384 e. The van der Waals surface area contributed by atoms with Gasteiger partial charge in [0.05, 0.1) is 22.9 Å². The quantitative estimate of drug-likeness (QED) is 0.247. The van der Waals surface area contributed by atoms with Crippen LogP contribution in [0.25, 0.3) is 49.9 Å². The normalized spacial score (nSPS) is 14.0. The summed E-state index contributed by atoms with van der Waals surface area (Å²) in [4.78, 5) is 10.0. The number of halogens is 1. The Morgan fingerprint density at radius 1 is 1.00 bits per heavy atom. The number of H-pyrrole nitrogens is 2. The number of hydrogen-bond donors (Lipinski definition) is 4. The summed E-state index contributed by atoms with van der Waals surface area (Å²) in [5, 5.41) is 16.6. The third kappa shape index (κ3) is 4.73. The summed E-state index contributed by atoms with van der Waals surface area (Å²) in [7, 11) is 4.03. The highest BCUT2D eigenvalue weighted by molar-refractivity contribution is 6.01. The van der Waals surface area contributed by atoms with E-state index < -0.39 is 0 Å². The van der Waals surface area contributed by atoms with Crippen molar-refractivity contribution in [1.82, 2.24) is 30.4 Å². The topological polar surface area (TPSA) is 84.7 Å². The van der Waals surface area contributed by atoms with Crippen molar-refractivity contribution >= 4 is 33.1 Å². The molecule has 0 bridgehead atoms. The Balaban J connectivity index is 1.39. The van der Waals surface area contributed by atoms with Crippen molar-refractivity contribution in [2.24, 2.45) is 0 Å². The van der Waals surface area contributed by atoms with E-state index in [0.29, 0.717) is 0 Å². The van der Waals surface area contributed by atoms with E-state index in [1.54, 1.807) is 18.5 Å². The molecular formula is C29H30FN7. The van der Waals surface area contributed by atoms with Gasteiger partial charge < -0.3 is 20.5 Å². The first-order valence-electron chi connectivity index (χ1n) is 12.6. The second-order valence-corrected chi connectivity index (χ2v) is 9.81. The maximum atomic E-state index is 14.6. The van der Waals surface area contributed by atoms with E-state index in [2.05, 4.69) is 66.0 Å². The van der Waals surface area contributed by atoms with Crippen LogP contribution in [0.4, 0.5) is 10.1 Å². The van der Waals surface area contributed by atoms with Gasteiger partial charge in [0.2, 0.25) is 0 Å². The molecule has 5 aromatic rings. The third-order valence-corrected chi connectivity index (χ3v) is 6.90. The van der Waals surface area contributed by atoms with Gasteiger partial charge >= 0.3 is 0 Å². The third-order valence-electron chi connectivity index (χ3n) is 6.90. The zero-order valence-corrected chi connectivity index (χ0v) is 21.0. The minimum absolute atomic E-state index is 0.282. The molecule has 0 saturated heterocycles. The Morgan fingerprint density at radius 3 is 2.76 bits per heavy atom. The summed E-state index contributed by atoms with van der Waals surface area (Å²) in [6, 6.07) is 13.6.